The van der Waals surface area contributed by atoms with Crippen molar-refractivity contribution in [3.05, 3.63) is 48.3 Å². The highest BCUT2D eigenvalue weighted by molar-refractivity contribution is 5.15. The largest absolute Gasteiger partial charge is 0.359 e. The van der Waals surface area contributed by atoms with Crippen LogP contribution in [0.2, 0.25) is 0 Å². The molecule has 1 aliphatic heterocycles. The Labute approximate surface area is 143 Å². The Morgan fingerprint density at radius 1 is 0.739 bits per heavy atom. The van der Waals surface area contributed by atoms with Gasteiger partial charge in [-0.15, -0.1) is 0 Å². The molecule has 1 aliphatic rings. The van der Waals surface area contributed by atoms with Crippen molar-refractivity contribution in [3.8, 4) is 0 Å². The zero-order chi connectivity index (χ0) is 16.2. The summed E-state index contributed by atoms with van der Waals surface area (Å²) in [7, 11) is 0. The molecule has 2 rings (SSSR count). The smallest absolute Gasteiger partial charge is 0.0897 e. The van der Waals surface area contributed by atoms with E-state index < -0.39 is 0 Å². The zero-order valence-electron chi connectivity index (χ0n) is 14.9. The van der Waals surface area contributed by atoms with Crippen LogP contribution in [0.4, 0.5) is 0 Å². The fourth-order valence-corrected chi connectivity index (χ4v) is 3.21. The molecule has 0 saturated heterocycles. The Balaban J connectivity index is 1.46. The Hall–Kier alpha value is -1.44. The summed E-state index contributed by atoms with van der Waals surface area (Å²) < 4.78 is 0. The summed E-state index contributed by atoms with van der Waals surface area (Å²) in [5, 5.41) is 0. The van der Waals surface area contributed by atoms with Gasteiger partial charge in [0, 0.05) is 25.5 Å². The summed E-state index contributed by atoms with van der Waals surface area (Å²) in [6, 6.07) is 10.7. The monoisotopic (exact) mass is 314 g/mol. The van der Waals surface area contributed by atoms with Crippen LogP contribution in [0.5, 0.6) is 0 Å². The van der Waals surface area contributed by atoms with Crippen LogP contribution in [0.15, 0.2) is 42.7 Å². The fourth-order valence-electron chi connectivity index (χ4n) is 3.21. The predicted octanol–water partition coefficient (Wildman–Crippen LogP) is 5.76. The number of unbranched alkanes of at least 4 members (excludes halogenated alkanes) is 8. The van der Waals surface area contributed by atoms with Crippen LogP contribution in [0.1, 0.15) is 70.3 Å². The highest BCUT2D eigenvalue weighted by atomic mass is 15.3. The van der Waals surface area contributed by atoms with E-state index in [-0.39, 0.29) is 0 Å². The van der Waals surface area contributed by atoms with Crippen LogP contribution in [0, 0.1) is 0 Å². The van der Waals surface area contributed by atoms with Gasteiger partial charge in [0.05, 0.1) is 6.67 Å². The Morgan fingerprint density at radius 3 is 2.04 bits per heavy atom. The highest BCUT2D eigenvalue weighted by Gasteiger charge is 2.11. The second kappa shape index (κ2) is 11.2. The van der Waals surface area contributed by atoms with E-state index in [1.54, 1.807) is 0 Å². The normalized spacial score (nSPS) is 14.0. The fraction of sp³-hybridized carbons (Fsp3) is 0.619. The van der Waals surface area contributed by atoms with Gasteiger partial charge < -0.3 is 9.80 Å². The van der Waals surface area contributed by atoms with Gasteiger partial charge in [0.25, 0.3) is 0 Å². The summed E-state index contributed by atoms with van der Waals surface area (Å²) in [4.78, 5) is 4.84. The van der Waals surface area contributed by atoms with Crippen molar-refractivity contribution in [1.29, 1.82) is 0 Å². The first-order chi connectivity index (χ1) is 11.4. The molecule has 0 radical (unpaired) electrons. The molecule has 1 aromatic rings. The van der Waals surface area contributed by atoms with E-state index in [0.717, 1.165) is 13.2 Å². The summed E-state index contributed by atoms with van der Waals surface area (Å²) in [5.41, 5.74) is 1.39. The molecular weight excluding hydrogens is 280 g/mol. The molecule has 0 aliphatic carbocycles. The first-order valence-electron chi connectivity index (χ1n) is 9.59. The average molecular weight is 315 g/mol. The van der Waals surface area contributed by atoms with Gasteiger partial charge in [0.1, 0.15) is 0 Å². The molecule has 0 bridgehead atoms. The molecule has 0 unspecified atom stereocenters. The van der Waals surface area contributed by atoms with Crippen LogP contribution in [0.25, 0.3) is 0 Å². The van der Waals surface area contributed by atoms with Gasteiger partial charge in [0.15, 0.2) is 0 Å². The van der Waals surface area contributed by atoms with Gasteiger partial charge in [-0.25, -0.2) is 0 Å². The lowest BCUT2D eigenvalue weighted by Crippen LogP contribution is -2.25. The summed E-state index contributed by atoms with van der Waals surface area (Å²) in [6.07, 6.45) is 17.1. The number of hydrogen-bond acceptors (Lipinski definition) is 2. The van der Waals surface area contributed by atoms with Crippen LogP contribution in [0.3, 0.4) is 0 Å². The molecule has 0 fully saturated rings. The number of benzene rings is 1. The van der Waals surface area contributed by atoms with Crippen molar-refractivity contribution in [2.75, 3.05) is 13.2 Å². The first-order valence-corrected chi connectivity index (χ1v) is 9.59. The summed E-state index contributed by atoms with van der Waals surface area (Å²) in [6.45, 7) is 5.56. The molecule has 1 aromatic carbocycles. The third kappa shape index (κ3) is 7.58. The molecule has 1 heterocycles. The highest BCUT2D eigenvalue weighted by Crippen LogP contribution is 2.14. The topological polar surface area (TPSA) is 6.48 Å². The molecule has 0 spiro atoms. The molecular formula is C21H34N2. The minimum Gasteiger partial charge on any atom is -0.359 e. The van der Waals surface area contributed by atoms with Gasteiger partial charge in [-0.2, -0.15) is 0 Å². The molecule has 0 atom stereocenters. The third-order valence-electron chi connectivity index (χ3n) is 4.63. The molecule has 23 heavy (non-hydrogen) atoms. The van der Waals surface area contributed by atoms with Crippen molar-refractivity contribution in [3.63, 3.8) is 0 Å². The molecule has 2 nitrogen and oxygen atoms in total. The Kier molecular flexibility index (Phi) is 8.68. The van der Waals surface area contributed by atoms with E-state index in [4.69, 9.17) is 0 Å². The Morgan fingerprint density at radius 2 is 1.35 bits per heavy atom. The van der Waals surface area contributed by atoms with Gasteiger partial charge >= 0.3 is 0 Å². The van der Waals surface area contributed by atoms with Crippen molar-refractivity contribution in [2.45, 2.75) is 71.3 Å². The van der Waals surface area contributed by atoms with E-state index in [9.17, 15) is 0 Å². The number of rotatable bonds is 12. The van der Waals surface area contributed by atoms with Crippen LogP contribution in [-0.2, 0) is 6.54 Å². The molecule has 0 N–H and O–H groups in total. The summed E-state index contributed by atoms with van der Waals surface area (Å²) >= 11 is 0. The third-order valence-corrected chi connectivity index (χ3v) is 4.63. The first kappa shape index (κ1) is 17.9. The van der Waals surface area contributed by atoms with Gasteiger partial charge in [-0.05, 0) is 12.0 Å². The van der Waals surface area contributed by atoms with Crippen LogP contribution < -0.4 is 0 Å². The maximum atomic E-state index is 2.45. The van der Waals surface area contributed by atoms with E-state index >= 15 is 0 Å². The summed E-state index contributed by atoms with van der Waals surface area (Å²) in [5.74, 6) is 0. The second-order valence-electron chi connectivity index (χ2n) is 6.81. The standard InChI is InChI=1S/C21H34N2/c1-2-3-4-5-6-7-8-9-13-16-22-17-18-23(20-22)19-21-14-11-10-12-15-21/h10-12,14-15,17-18H,2-9,13,16,19-20H2,1H3. The SMILES string of the molecule is CCCCCCCCCCCN1C=CN(Cc2ccccc2)C1. The van der Waals surface area contributed by atoms with Gasteiger partial charge in [0.2, 0.25) is 0 Å². The van der Waals surface area contributed by atoms with Crippen molar-refractivity contribution >= 4 is 0 Å². The second-order valence-corrected chi connectivity index (χ2v) is 6.81. The molecule has 0 amide bonds. The van der Waals surface area contributed by atoms with Crippen molar-refractivity contribution in [2.24, 2.45) is 0 Å². The maximum absolute atomic E-state index is 2.45. The minimum absolute atomic E-state index is 1.02. The van der Waals surface area contributed by atoms with Crippen LogP contribution in [-0.4, -0.2) is 23.0 Å². The number of hydrogen-bond donors (Lipinski definition) is 0. The lowest BCUT2D eigenvalue weighted by atomic mass is 10.1. The number of nitrogens with zero attached hydrogens (tertiary/aromatic N) is 2. The maximum Gasteiger partial charge on any atom is 0.0897 e. The Bertz CT molecular complexity index is 427. The molecule has 0 aromatic heterocycles. The predicted molar refractivity (Wildman–Crippen MR) is 99.9 cm³/mol. The van der Waals surface area contributed by atoms with E-state index in [2.05, 4.69) is 59.5 Å². The van der Waals surface area contributed by atoms with Crippen LogP contribution >= 0.6 is 0 Å². The van der Waals surface area contributed by atoms with Gasteiger partial charge in [-0.3, -0.25) is 0 Å². The molecule has 2 heteroatoms. The van der Waals surface area contributed by atoms with Crippen molar-refractivity contribution < 1.29 is 0 Å². The lowest BCUT2D eigenvalue weighted by Gasteiger charge is -2.21. The van der Waals surface area contributed by atoms with E-state index in [0.29, 0.717) is 0 Å². The van der Waals surface area contributed by atoms with E-state index in [1.807, 2.05) is 0 Å². The van der Waals surface area contributed by atoms with E-state index in [1.165, 1.54) is 69.9 Å². The molecule has 0 saturated carbocycles. The molecule has 128 valence electrons. The zero-order valence-corrected chi connectivity index (χ0v) is 14.9. The van der Waals surface area contributed by atoms with Gasteiger partial charge in [-0.1, -0.05) is 88.6 Å². The minimum atomic E-state index is 1.02. The quantitative estimate of drug-likeness (QED) is 0.452. The lowest BCUT2D eigenvalue weighted by molar-refractivity contribution is 0.256. The average Bonchev–Trinajstić information content (AvgIpc) is 3.01. The van der Waals surface area contributed by atoms with Crippen molar-refractivity contribution in [1.82, 2.24) is 9.80 Å².